The number of carbonyl (C=O) groups excluding carboxylic acids is 4. The van der Waals surface area contributed by atoms with Crippen LogP contribution in [0.2, 0.25) is 0 Å². The van der Waals surface area contributed by atoms with Crippen molar-refractivity contribution in [3.63, 3.8) is 0 Å². The number of amides is 3. The van der Waals surface area contributed by atoms with E-state index in [1.54, 1.807) is 30.3 Å². The number of nitrogens with one attached hydrogen (secondary N) is 2. The van der Waals surface area contributed by atoms with Crippen molar-refractivity contribution < 1.29 is 23.6 Å². The van der Waals surface area contributed by atoms with Crippen LogP contribution in [0.1, 0.15) is 29.4 Å². The smallest absolute Gasteiger partial charge is 0.272 e. The van der Waals surface area contributed by atoms with Crippen molar-refractivity contribution in [1.29, 1.82) is 0 Å². The van der Waals surface area contributed by atoms with Gasteiger partial charge in [0.25, 0.3) is 5.91 Å². The molecule has 2 unspecified atom stereocenters. The van der Waals surface area contributed by atoms with Gasteiger partial charge in [0.2, 0.25) is 11.8 Å². The molecule has 0 spiro atoms. The lowest BCUT2D eigenvalue weighted by Gasteiger charge is -2.48. The molecule has 1 fully saturated rings. The van der Waals surface area contributed by atoms with Crippen LogP contribution in [0.3, 0.4) is 0 Å². The zero-order valence-corrected chi connectivity index (χ0v) is 20.6. The number of nitrogens with zero attached hydrogens (tertiary/aromatic N) is 3. The molecule has 1 aliphatic heterocycles. The van der Waals surface area contributed by atoms with Gasteiger partial charge in [-0.25, -0.2) is 9.37 Å². The van der Waals surface area contributed by atoms with E-state index in [0.717, 1.165) is 0 Å². The lowest BCUT2D eigenvalue weighted by Crippen LogP contribution is -2.65. The monoisotopic (exact) mass is 518 g/mol. The molecule has 4 N–H and O–H groups in total. The molecule has 1 aromatic heterocycles. The highest BCUT2D eigenvalue weighted by molar-refractivity contribution is 6.02. The molecule has 1 saturated heterocycles. The maximum atomic E-state index is 13.3. The number of β-lactam (4-membered cyclic amide) rings is 1. The Labute approximate surface area is 218 Å². The second-order valence-corrected chi connectivity index (χ2v) is 9.13. The summed E-state index contributed by atoms with van der Waals surface area (Å²) >= 11 is 0. The first-order chi connectivity index (χ1) is 18.2. The maximum Gasteiger partial charge on any atom is 0.272 e. The number of halogens is 1. The number of nitrogens with two attached hydrogens (primary N) is 1. The molecule has 38 heavy (non-hydrogen) atoms. The highest BCUT2D eigenvalue weighted by Gasteiger charge is 2.51. The molecule has 3 aromatic rings. The molecule has 10 nitrogen and oxygen atoms in total. The van der Waals surface area contributed by atoms with Gasteiger partial charge in [0.05, 0.1) is 23.7 Å². The number of carbonyl (C=O) groups is 4. The maximum absolute atomic E-state index is 13.3. The van der Waals surface area contributed by atoms with E-state index in [2.05, 4.69) is 20.6 Å². The van der Waals surface area contributed by atoms with E-state index < -0.39 is 41.2 Å². The molecule has 3 amide bonds. The molecule has 196 valence electrons. The van der Waals surface area contributed by atoms with Gasteiger partial charge in [0.1, 0.15) is 23.8 Å². The number of aromatic nitrogens is 2. The van der Waals surface area contributed by atoms with Gasteiger partial charge in [-0.15, -0.1) is 0 Å². The van der Waals surface area contributed by atoms with Gasteiger partial charge < -0.3 is 26.1 Å². The average Bonchev–Trinajstić information content (AvgIpc) is 2.93. The highest BCUT2D eigenvalue weighted by Crippen LogP contribution is 2.40. The summed E-state index contributed by atoms with van der Waals surface area (Å²) in [6.07, 6.45) is 4.53. The van der Waals surface area contributed by atoms with Gasteiger partial charge in [-0.05, 0) is 43.2 Å². The van der Waals surface area contributed by atoms with Crippen LogP contribution in [0, 0.1) is 11.7 Å². The second kappa shape index (κ2) is 11.3. The molecule has 11 heteroatoms. The van der Waals surface area contributed by atoms with Crippen LogP contribution in [-0.2, 0) is 19.9 Å². The normalized spacial score (nSPS) is 17.9. The Morgan fingerprint density at radius 2 is 1.87 bits per heavy atom. The van der Waals surface area contributed by atoms with E-state index in [1.165, 1.54) is 54.7 Å². The minimum absolute atomic E-state index is 0.0401. The SMILES string of the molecule is C[C@H](NC(=O)c1cnccn1)C(=O)NC(C=O)C[C@@](N)(c1ccccc1)C1CN(c2ccc(F)cc2)C1=O. The second-order valence-electron chi connectivity index (χ2n) is 9.13. The molecule has 4 rings (SSSR count). The first kappa shape index (κ1) is 26.6. The Kier molecular flexibility index (Phi) is 7.87. The molecule has 0 bridgehead atoms. The first-order valence-corrected chi connectivity index (χ1v) is 12.0. The van der Waals surface area contributed by atoms with Crippen molar-refractivity contribution in [3.8, 4) is 0 Å². The lowest BCUT2D eigenvalue weighted by molar-refractivity contribution is -0.131. The molecule has 1 aliphatic rings. The number of rotatable bonds is 10. The van der Waals surface area contributed by atoms with Crippen molar-refractivity contribution in [2.45, 2.75) is 31.0 Å². The van der Waals surface area contributed by atoms with E-state index in [1.807, 2.05) is 0 Å². The van der Waals surface area contributed by atoms with E-state index in [4.69, 9.17) is 5.73 Å². The van der Waals surface area contributed by atoms with Gasteiger partial charge in [-0.2, -0.15) is 0 Å². The standard InChI is InChI=1S/C27H27FN6O4/c1-17(32-25(37)23-14-30-11-12-31-23)24(36)33-20(16-35)13-27(29,18-5-3-2-4-6-18)22-15-34(26(22)38)21-9-7-19(28)8-10-21/h2-12,14,16-17,20,22H,13,15,29H2,1H3,(H,32,37)(H,33,36)/t17-,20?,22?,27+/m0/s1. The summed E-state index contributed by atoms with van der Waals surface area (Å²) < 4.78 is 13.3. The molecule has 0 saturated carbocycles. The number of anilines is 1. The fourth-order valence-corrected chi connectivity index (χ4v) is 4.43. The summed E-state index contributed by atoms with van der Waals surface area (Å²) in [5, 5.41) is 5.12. The Morgan fingerprint density at radius 3 is 2.47 bits per heavy atom. The molecular formula is C27H27FN6O4. The topological polar surface area (TPSA) is 147 Å². The number of aldehydes is 1. The van der Waals surface area contributed by atoms with E-state index >= 15 is 0 Å². The van der Waals surface area contributed by atoms with Crippen molar-refractivity contribution in [1.82, 2.24) is 20.6 Å². The van der Waals surface area contributed by atoms with Crippen molar-refractivity contribution in [2.24, 2.45) is 11.7 Å². The van der Waals surface area contributed by atoms with Crippen LogP contribution < -0.4 is 21.3 Å². The van der Waals surface area contributed by atoms with Crippen LogP contribution in [0.25, 0.3) is 0 Å². The van der Waals surface area contributed by atoms with Gasteiger partial charge in [-0.3, -0.25) is 19.4 Å². The third-order valence-corrected chi connectivity index (χ3v) is 6.59. The van der Waals surface area contributed by atoms with Crippen LogP contribution in [0.4, 0.5) is 10.1 Å². The zero-order valence-electron chi connectivity index (χ0n) is 20.6. The Bertz CT molecular complexity index is 1310. The number of benzene rings is 2. The quantitative estimate of drug-likeness (QED) is 0.271. The fourth-order valence-electron chi connectivity index (χ4n) is 4.43. The minimum Gasteiger partial charge on any atom is -0.345 e. The molecular weight excluding hydrogens is 491 g/mol. The number of hydrogen-bond acceptors (Lipinski definition) is 7. The summed E-state index contributed by atoms with van der Waals surface area (Å²) in [5.74, 6) is -2.58. The van der Waals surface area contributed by atoms with Crippen molar-refractivity contribution in [3.05, 3.63) is 90.3 Å². The lowest BCUT2D eigenvalue weighted by atomic mass is 9.70. The fraction of sp³-hybridized carbons (Fsp3) is 0.259. The predicted molar refractivity (Wildman–Crippen MR) is 136 cm³/mol. The Balaban J connectivity index is 1.48. The van der Waals surface area contributed by atoms with E-state index in [9.17, 15) is 23.6 Å². The molecule has 4 atom stereocenters. The summed E-state index contributed by atoms with van der Waals surface area (Å²) in [6.45, 7) is 1.72. The van der Waals surface area contributed by atoms with Gasteiger partial charge in [0.15, 0.2) is 0 Å². The van der Waals surface area contributed by atoms with Crippen molar-refractivity contribution in [2.75, 3.05) is 11.4 Å². The van der Waals surface area contributed by atoms with Crippen LogP contribution in [0.5, 0.6) is 0 Å². The third-order valence-electron chi connectivity index (χ3n) is 6.59. The van der Waals surface area contributed by atoms with Crippen molar-refractivity contribution >= 4 is 29.7 Å². The van der Waals surface area contributed by atoms with Gasteiger partial charge >= 0.3 is 0 Å². The van der Waals surface area contributed by atoms with Crippen LogP contribution >= 0.6 is 0 Å². The zero-order chi connectivity index (χ0) is 27.3. The average molecular weight is 519 g/mol. The Morgan fingerprint density at radius 1 is 1.16 bits per heavy atom. The third kappa shape index (κ3) is 5.57. The predicted octanol–water partition coefficient (Wildman–Crippen LogP) is 1.33. The van der Waals surface area contributed by atoms with E-state index in [-0.39, 0.29) is 24.6 Å². The number of hydrogen-bond donors (Lipinski definition) is 3. The summed E-state index contributed by atoms with van der Waals surface area (Å²) in [5.41, 5.74) is 6.78. The summed E-state index contributed by atoms with van der Waals surface area (Å²) in [4.78, 5) is 59.6. The first-order valence-electron chi connectivity index (χ1n) is 12.0. The van der Waals surface area contributed by atoms with Crippen LogP contribution in [-0.4, -0.2) is 52.6 Å². The summed E-state index contributed by atoms with van der Waals surface area (Å²) in [6, 6.07) is 12.4. The molecule has 2 aromatic carbocycles. The molecule has 2 heterocycles. The molecule has 0 radical (unpaired) electrons. The van der Waals surface area contributed by atoms with E-state index in [0.29, 0.717) is 17.5 Å². The van der Waals surface area contributed by atoms with Gasteiger partial charge in [0, 0.05) is 24.6 Å². The summed E-state index contributed by atoms with van der Waals surface area (Å²) in [7, 11) is 0. The molecule has 0 aliphatic carbocycles. The Hall–Kier alpha value is -4.51. The van der Waals surface area contributed by atoms with Crippen LogP contribution in [0.15, 0.2) is 73.2 Å². The largest absolute Gasteiger partial charge is 0.345 e. The minimum atomic E-state index is -1.29. The highest BCUT2D eigenvalue weighted by atomic mass is 19.1. The van der Waals surface area contributed by atoms with Gasteiger partial charge in [-0.1, -0.05) is 30.3 Å².